The number of ether oxygens (including phenoxy) is 2. The van der Waals surface area contributed by atoms with E-state index in [-0.39, 0.29) is 5.75 Å². The summed E-state index contributed by atoms with van der Waals surface area (Å²) in [6, 6.07) is 5.90. The van der Waals surface area contributed by atoms with Crippen molar-refractivity contribution < 1.29 is 22.6 Å². The minimum absolute atomic E-state index is 0.211. The molecule has 0 fully saturated rings. The minimum atomic E-state index is -4.66. The second kappa shape index (κ2) is 8.86. The topological polar surface area (TPSA) is 47.7 Å². The van der Waals surface area contributed by atoms with Crippen LogP contribution in [0.2, 0.25) is 0 Å². The van der Waals surface area contributed by atoms with E-state index < -0.39 is 6.36 Å². The fraction of sp³-hybridized carbons (Fsp3) is 0.571. The number of methoxy groups -OCH3 is 1. The van der Waals surface area contributed by atoms with E-state index in [9.17, 15) is 13.2 Å². The standard InChI is InChI=1S/C14H21F3N2O2/c1-20-10-9-19(8-2-7-18)11-12-3-5-13(6-4-12)21-14(15,16)17/h3-6H,2,7-11,18H2,1H3. The first-order valence-electron chi connectivity index (χ1n) is 6.70. The van der Waals surface area contributed by atoms with Gasteiger partial charge in [-0.3, -0.25) is 4.90 Å². The van der Waals surface area contributed by atoms with Crippen LogP contribution in [-0.4, -0.2) is 44.6 Å². The van der Waals surface area contributed by atoms with E-state index in [0.29, 0.717) is 19.7 Å². The van der Waals surface area contributed by atoms with E-state index in [0.717, 1.165) is 25.1 Å². The lowest BCUT2D eigenvalue weighted by molar-refractivity contribution is -0.274. The SMILES string of the molecule is COCCN(CCCN)Cc1ccc(OC(F)(F)F)cc1. The Kier molecular flexibility index (Phi) is 7.49. The number of nitrogens with zero attached hydrogens (tertiary/aromatic N) is 1. The Hall–Kier alpha value is -1.31. The summed E-state index contributed by atoms with van der Waals surface area (Å²) in [6.45, 7) is 3.40. The van der Waals surface area contributed by atoms with Crippen molar-refractivity contribution in [2.75, 3.05) is 33.4 Å². The van der Waals surface area contributed by atoms with Gasteiger partial charge in [0.2, 0.25) is 0 Å². The van der Waals surface area contributed by atoms with E-state index in [2.05, 4.69) is 9.64 Å². The van der Waals surface area contributed by atoms with Gasteiger partial charge in [0.05, 0.1) is 6.61 Å². The Bertz CT molecular complexity index is 388. The highest BCUT2D eigenvalue weighted by atomic mass is 19.4. The van der Waals surface area contributed by atoms with Crippen molar-refractivity contribution >= 4 is 0 Å². The molecular formula is C14H21F3N2O2. The lowest BCUT2D eigenvalue weighted by Crippen LogP contribution is -2.29. The van der Waals surface area contributed by atoms with Gasteiger partial charge in [-0.25, -0.2) is 0 Å². The Morgan fingerprint density at radius 2 is 1.81 bits per heavy atom. The molecule has 0 aliphatic heterocycles. The predicted octanol–water partition coefficient (Wildman–Crippen LogP) is 2.38. The monoisotopic (exact) mass is 306 g/mol. The van der Waals surface area contributed by atoms with Crippen LogP contribution in [-0.2, 0) is 11.3 Å². The molecule has 1 aromatic carbocycles. The Morgan fingerprint density at radius 1 is 1.14 bits per heavy atom. The van der Waals surface area contributed by atoms with E-state index in [1.165, 1.54) is 12.1 Å². The zero-order chi connectivity index (χ0) is 15.7. The number of alkyl halides is 3. The summed E-state index contributed by atoms with van der Waals surface area (Å²) in [5.74, 6) is -0.211. The molecule has 120 valence electrons. The van der Waals surface area contributed by atoms with E-state index in [4.69, 9.17) is 10.5 Å². The molecular weight excluding hydrogens is 285 g/mol. The van der Waals surface area contributed by atoms with Gasteiger partial charge in [-0.05, 0) is 37.2 Å². The van der Waals surface area contributed by atoms with E-state index in [1.807, 2.05) is 0 Å². The fourth-order valence-corrected chi connectivity index (χ4v) is 1.86. The smallest absolute Gasteiger partial charge is 0.406 e. The van der Waals surface area contributed by atoms with Crippen LogP contribution in [0, 0.1) is 0 Å². The number of halogens is 3. The van der Waals surface area contributed by atoms with E-state index >= 15 is 0 Å². The third kappa shape index (κ3) is 7.89. The van der Waals surface area contributed by atoms with Crippen LogP contribution in [0.3, 0.4) is 0 Å². The van der Waals surface area contributed by atoms with Gasteiger partial charge in [0.25, 0.3) is 0 Å². The van der Waals surface area contributed by atoms with Gasteiger partial charge in [0.1, 0.15) is 5.75 Å². The molecule has 0 amide bonds. The molecule has 1 aromatic rings. The first kappa shape index (κ1) is 17.7. The maximum absolute atomic E-state index is 12.1. The predicted molar refractivity (Wildman–Crippen MR) is 73.9 cm³/mol. The minimum Gasteiger partial charge on any atom is -0.406 e. The molecule has 0 spiro atoms. The Morgan fingerprint density at radius 3 is 2.33 bits per heavy atom. The van der Waals surface area contributed by atoms with E-state index in [1.54, 1.807) is 19.2 Å². The van der Waals surface area contributed by atoms with Crippen molar-refractivity contribution in [3.63, 3.8) is 0 Å². The van der Waals surface area contributed by atoms with Gasteiger partial charge in [-0.15, -0.1) is 13.2 Å². The number of nitrogens with two attached hydrogens (primary N) is 1. The molecule has 0 bridgehead atoms. The number of benzene rings is 1. The van der Waals surface area contributed by atoms with Crippen LogP contribution in [0.5, 0.6) is 5.75 Å². The van der Waals surface area contributed by atoms with Gasteiger partial charge in [0.15, 0.2) is 0 Å². The van der Waals surface area contributed by atoms with Crippen molar-refractivity contribution in [2.24, 2.45) is 5.73 Å². The molecule has 0 unspecified atom stereocenters. The summed E-state index contributed by atoms with van der Waals surface area (Å²) in [4.78, 5) is 2.15. The lowest BCUT2D eigenvalue weighted by Gasteiger charge is -2.22. The molecule has 4 nitrogen and oxygen atoms in total. The number of hydrogen-bond donors (Lipinski definition) is 1. The molecule has 7 heteroatoms. The van der Waals surface area contributed by atoms with Gasteiger partial charge < -0.3 is 15.2 Å². The van der Waals surface area contributed by atoms with Crippen LogP contribution in [0.25, 0.3) is 0 Å². The Labute approximate surface area is 122 Å². The van der Waals surface area contributed by atoms with Crippen molar-refractivity contribution in [3.05, 3.63) is 29.8 Å². The molecule has 0 aliphatic rings. The van der Waals surface area contributed by atoms with Crippen molar-refractivity contribution in [1.29, 1.82) is 0 Å². The van der Waals surface area contributed by atoms with Crippen LogP contribution >= 0.6 is 0 Å². The summed E-state index contributed by atoms with van der Waals surface area (Å²) in [7, 11) is 1.63. The highest BCUT2D eigenvalue weighted by Gasteiger charge is 2.30. The molecule has 21 heavy (non-hydrogen) atoms. The maximum Gasteiger partial charge on any atom is 0.573 e. The molecule has 0 aliphatic carbocycles. The van der Waals surface area contributed by atoms with Gasteiger partial charge in [-0.2, -0.15) is 0 Å². The summed E-state index contributed by atoms with van der Waals surface area (Å²) in [6.07, 6.45) is -3.80. The molecule has 0 saturated heterocycles. The Balaban J connectivity index is 2.57. The molecule has 0 atom stereocenters. The first-order valence-corrected chi connectivity index (χ1v) is 6.70. The van der Waals surface area contributed by atoms with Gasteiger partial charge >= 0.3 is 6.36 Å². The summed E-state index contributed by atoms with van der Waals surface area (Å²) in [5.41, 5.74) is 6.41. The second-order valence-electron chi connectivity index (χ2n) is 4.60. The van der Waals surface area contributed by atoms with Crippen molar-refractivity contribution in [1.82, 2.24) is 4.90 Å². The van der Waals surface area contributed by atoms with Crippen LogP contribution in [0.1, 0.15) is 12.0 Å². The molecule has 0 saturated carbocycles. The first-order chi connectivity index (χ1) is 9.94. The molecule has 2 N–H and O–H groups in total. The van der Waals surface area contributed by atoms with Crippen LogP contribution < -0.4 is 10.5 Å². The summed E-state index contributed by atoms with van der Waals surface area (Å²) in [5, 5.41) is 0. The van der Waals surface area contributed by atoms with Gasteiger partial charge in [0, 0.05) is 20.2 Å². The van der Waals surface area contributed by atoms with Gasteiger partial charge in [-0.1, -0.05) is 12.1 Å². The quantitative estimate of drug-likeness (QED) is 0.761. The normalized spacial score (nSPS) is 11.9. The van der Waals surface area contributed by atoms with Crippen LogP contribution in [0.15, 0.2) is 24.3 Å². The third-order valence-electron chi connectivity index (χ3n) is 2.85. The zero-order valence-electron chi connectivity index (χ0n) is 12.0. The highest BCUT2D eigenvalue weighted by molar-refractivity contribution is 5.27. The second-order valence-corrected chi connectivity index (χ2v) is 4.60. The highest BCUT2D eigenvalue weighted by Crippen LogP contribution is 2.23. The lowest BCUT2D eigenvalue weighted by atomic mass is 10.2. The zero-order valence-corrected chi connectivity index (χ0v) is 12.0. The average molecular weight is 306 g/mol. The molecule has 1 rings (SSSR count). The molecule has 0 heterocycles. The molecule has 0 aromatic heterocycles. The third-order valence-corrected chi connectivity index (χ3v) is 2.85. The molecule has 0 radical (unpaired) electrons. The number of rotatable bonds is 9. The largest absolute Gasteiger partial charge is 0.573 e. The van der Waals surface area contributed by atoms with Crippen molar-refractivity contribution in [3.8, 4) is 5.75 Å². The van der Waals surface area contributed by atoms with Crippen molar-refractivity contribution in [2.45, 2.75) is 19.3 Å². The maximum atomic E-state index is 12.1. The number of hydrogen-bond acceptors (Lipinski definition) is 4. The summed E-state index contributed by atoms with van der Waals surface area (Å²) >= 11 is 0. The van der Waals surface area contributed by atoms with Crippen LogP contribution in [0.4, 0.5) is 13.2 Å². The fourth-order valence-electron chi connectivity index (χ4n) is 1.86. The summed E-state index contributed by atoms with van der Waals surface area (Å²) < 4.78 is 45.1. The average Bonchev–Trinajstić information content (AvgIpc) is 2.42.